The number of hydrogen-bond acceptors (Lipinski definition) is 2. The van der Waals surface area contributed by atoms with Gasteiger partial charge in [-0.3, -0.25) is 4.79 Å². The monoisotopic (exact) mass is 129 g/mol. The second-order valence-corrected chi connectivity index (χ2v) is 1.27. The number of amides is 1. The molecule has 50 valence electrons. The zero-order valence-electron chi connectivity index (χ0n) is 4.70. The molecule has 0 atom stereocenters. The van der Waals surface area contributed by atoms with E-state index in [4.69, 9.17) is 5.11 Å². The maximum absolute atomic E-state index is 9.76. The Labute approximate surface area is 52.2 Å². The van der Waals surface area contributed by atoms with Crippen LogP contribution in [0.1, 0.15) is 0 Å². The van der Waals surface area contributed by atoms with E-state index >= 15 is 0 Å². The highest BCUT2D eigenvalue weighted by Gasteiger charge is 1.81. The van der Waals surface area contributed by atoms with Gasteiger partial charge in [-0.1, -0.05) is 6.08 Å². The van der Waals surface area contributed by atoms with Gasteiger partial charge in [0.1, 0.15) is 0 Å². The summed E-state index contributed by atoms with van der Waals surface area (Å²) in [4.78, 5) is 19.3. The first-order chi connectivity index (χ1) is 4.27. The number of hydrogen-bond donors (Lipinski definition) is 2. The maximum Gasteiger partial charge on any atom is 0.328 e. The summed E-state index contributed by atoms with van der Waals surface area (Å²) in [7, 11) is 0. The molecule has 4 heteroatoms. The van der Waals surface area contributed by atoms with Crippen LogP contribution in [0.5, 0.6) is 0 Å². The van der Waals surface area contributed by atoms with Crippen LogP contribution in [0.2, 0.25) is 0 Å². The summed E-state index contributed by atoms with van der Waals surface area (Å²) in [6.45, 7) is 0.260. The SMILES string of the molecule is O=CNC/C=C/C(=O)O. The van der Waals surface area contributed by atoms with Crippen LogP contribution in [0, 0.1) is 0 Å². The predicted octanol–water partition coefficient (Wildman–Crippen LogP) is -0.627. The van der Waals surface area contributed by atoms with Gasteiger partial charge in [0.05, 0.1) is 0 Å². The maximum atomic E-state index is 9.76. The molecule has 0 saturated heterocycles. The summed E-state index contributed by atoms with van der Waals surface area (Å²) in [5.74, 6) is -1.01. The molecule has 0 unspecified atom stereocenters. The Morgan fingerprint density at radius 3 is 2.78 bits per heavy atom. The molecule has 0 rings (SSSR count). The average molecular weight is 129 g/mol. The Hall–Kier alpha value is -1.32. The van der Waals surface area contributed by atoms with Crippen molar-refractivity contribution in [2.75, 3.05) is 6.54 Å². The van der Waals surface area contributed by atoms with Crippen LogP contribution in [-0.4, -0.2) is 24.0 Å². The lowest BCUT2D eigenvalue weighted by molar-refractivity contribution is -0.131. The smallest absolute Gasteiger partial charge is 0.328 e. The molecular formula is C5H7NO3. The first kappa shape index (κ1) is 7.68. The van der Waals surface area contributed by atoms with Crippen molar-refractivity contribution in [1.29, 1.82) is 0 Å². The van der Waals surface area contributed by atoms with Crippen LogP contribution in [0.25, 0.3) is 0 Å². The summed E-state index contributed by atoms with van der Waals surface area (Å²) in [5.41, 5.74) is 0. The molecule has 0 saturated carbocycles. The number of rotatable bonds is 4. The summed E-state index contributed by atoms with van der Waals surface area (Å²) in [6.07, 6.45) is 2.82. The fraction of sp³-hybridized carbons (Fsp3) is 0.200. The molecule has 9 heavy (non-hydrogen) atoms. The minimum absolute atomic E-state index is 0.260. The molecule has 0 spiro atoms. The molecule has 0 aliphatic rings. The van der Waals surface area contributed by atoms with Gasteiger partial charge < -0.3 is 10.4 Å². The van der Waals surface area contributed by atoms with Crippen molar-refractivity contribution in [2.24, 2.45) is 0 Å². The minimum atomic E-state index is -1.01. The second kappa shape index (κ2) is 4.83. The quantitative estimate of drug-likeness (QED) is 0.302. The molecular weight excluding hydrogens is 122 g/mol. The van der Waals surface area contributed by atoms with E-state index in [0.29, 0.717) is 6.41 Å². The van der Waals surface area contributed by atoms with E-state index in [1.54, 1.807) is 0 Å². The van der Waals surface area contributed by atoms with Crippen molar-refractivity contribution >= 4 is 12.4 Å². The van der Waals surface area contributed by atoms with Crippen molar-refractivity contribution in [3.8, 4) is 0 Å². The highest BCUT2D eigenvalue weighted by molar-refractivity contribution is 5.79. The van der Waals surface area contributed by atoms with Crippen LogP contribution in [0.15, 0.2) is 12.2 Å². The highest BCUT2D eigenvalue weighted by atomic mass is 16.4. The summed E-state index contributed by atoms with van der Waals surface area (Å²) in [6, 6.07) is 0. The number of nitrogens with one attached hydrogen (secondary N) is 1. The highest BCUT2D eigenvalue weighted by Crippen LogP contribution is 1.68. The van der Waals surface area contributed by atoms with E-state index in [1.807, 2.05) is 0 Å². The van der Waals surface area contributed by atoms with Crippen molar-refractivity contribution in [1.82, 2.24) is 5.32 Å². The van der Waals surface area contributed by atoms with Crippen molar-refractivity contribution < 1.29 is 14.7 Å². The fourth-order valence-electron chi connectivity index (χ4n) is 0.276. The first-order valence-electron chi connectivity index (χ1n) is 2.34. The fourth-order valence-corrected chi connectivity index (χ4v) is 0.276. The lowest BCUT2D eigenvalue weighted by Crippen LogP contribution is -2.09. The normalized spacial score (nSPS) is 9.33. The number of carboxylic acid groups (broad SMARTS) is 1. The molecule has 0 heterocycles. The van der Waals surface area contributed by atoms with Crippen LogP contribution in [0.3, 0.4) is 0 Å². The third-order valence-electron chi connectivity index (χ3n) is 0.579. The molecule has 2 N–H and O–H groups in total. The Morgan fingerprint density at radius 1 is 1.67 bits per heavy atom. The van der Waals surface area contributed by atoms with Gasteiger partial charge in [0, 0.05) is 12.6 Å². The van der Waals surface area contributed by atoms with E-state index in [2.05, 4.69) is 5.32 Å². The molecule has 0 fully saturated rings. The zero-order valence-corrected chi connectivity index (χ0v) is 4.70. The molecule has 0 aromatic carbocycles. The Morgan fingerprint density at radius 2 is 2.33 bits per heavy atom. The molecule has 0 radical (unpaired) electrons. The van der Waals surface area contributed by atoms with Crippen LogP contribution >= 0.6 is 0 Å². The number of carbonyl (C=O) groups excluding carboxylic acids is 1. The van der Waals surface area contributed by atoms with Crippen LogP contribution in [-0.2, 0) is 9.59 Å². The second-order valence-electron chi connectivity index (χ2n) is 1.27. The van der Waals surface area contributed by atoms with Crippen LogP contribution < -0.4 is 5.32 Å². The molecule has 0 aromatic heterocycles. The topological polar surface area (TPSA) is 66.4 Å². The number of aliphatic carboxylic acids is 1. The zero-order chi connectivity index (χ0) is 7.11. The summed E-state index contributed by atoms with van der Waals surface area (Å²) in [5, 5.41) is 10.3. The van der Waals surface area contributed by atoms with E-state index in [0.717, 1.165) is 6.08 Å². The van der Waals surface area contributed by atoms with Gasteiger partial charge in [0.2, 0.25) is 6.41 Å². The van der Waals surface area contributed by atoms with E-state index in [9.17, 15) is 9.59 Å². The summed E-state index contributed by atoms with van der Waals surface area (Å²) < 4.78 is 0. The van der Waals surface area contributed by atoms with E-state index in [-0.39, 0.29) is 6.54 Å². The third-order valence-corrected chi connectivity index (χ3v) is 0.579. The van der Waals surface area contributed by atoms with Gasteiger partial charge in [-0.25, -0.2) is 4.79 Å². The van der Waals surface area contributed by atoms with E-state index < -0.39 is 5.97 Å². The Kier molecular flexibility index (Phi) is 4.12. The number of carboxylic acids is 1. The van der Waals surface area contributed by atoms with Gasteiger partial charge in [0.25, 0.3) is 0 Å². The van der Waals surface area contributed by atoms with Gasteiger partial charge >= 0.3 is 5.97 Å². The van der Waals surface area contributed by atoms with Crippen molar-refractivity contribution in [3.05, 3.63) is 12.2 Å². The van der Waals surface area contributed by atoms with Crippen molar-refractivity contribution in [2.45, 2.75) is 0 Å². The molecule has 1 amide bonds. The lowest BCUT2D eigenvalue weighted by atomic mass is 10.5. The van der Waals surface area contributed by atoms with Gasteiger partial charge in [0.15, 0.2) is 0 Å². The average Bonchev–Trinajstić information content (AvgIpc) is 1.80. The van der Waals surface area contributed by atoms with Gasteiger partial charge in [-0.15, -0.1) is 0 Å². The minimum Gasteiger partial charge on any atom is -0.478 e. The lowest BCUT2D eigenvalue weighted by Gasteiger charge is -1.84. The van der Waals surface area contributed by atoms with E-state index in [1.165, 1.54) is 6.08 Å². The molecule has 0 bridgehead atoms. The predicted molar refractivity (Wildman–Crippen MR) is 30.8 cm³/mol. The third kappa shape index (κ3) is 6.68. The largest absolute Gasteiger partial charge is 0.478 e. The summed E-state index contributed by atoms with van der Waals surface area (Å²) >= 11 is 0. The standard InChI is InChI=1S/C5H7NO3/c7-4-6-3-1-2-5(8)9/h1-2,4H,3H2,(H,6,7)(H,8,9)/b2-1+. The molecule has 0 aliphatic heterocycles. The van der Waals surface area contributed by atoms with Crippen molar-refractivity contribution in [3.63, 3.8) is 0 Å². The molecule has 4 nitrogen and oxygen atoms in total. The first-order valence-corrected chi connectivity index (χ1v) is 2.34. The van der Waals surface area contributed by atoms with Gasteiger partial charge in [-0.05, 0) is 0 Å². The Bertz CT molecular complexity index is 130. The molecule has 0 aliphatic carbocycles. The Balaban J connectivity index is 3.24. The van der Waals surface area contributed by atoms with Gasteiger partial charge in [-0.2, -0.15) is 0 Å². The molecule has 0 aromatic rings. The number of carbonyl (C=O) groups is 2. The van der Waals surface area contributed by atoms with Crippen LogP contribution in [0.4, 0.5) is 0 Å².